The van der Waals surface area contributed by atoms with Crippen LogP contribution >= 0.6 is 22.6 Å². The number of hydrogen-bond acceptors (Lipinski definition) is 3. The molecule has 4 nitrogen and oxygen atoms in total. The van der Waals surface area contributed by atoms with E-state index in [0.717, 1.165) is 18.8 Å². The second kappa shape index (κ2) is 7.22. The van der Waals surface area contributed by atoms with Crippen molar-refractivity contribution in [3.8, 4) is 0 Å². The molecule has 1 aliphatic carbocycles. The summed E-state index contributed by atoms with van der Waals surface area (Å²) in [6, 6.07) is 1.11. The Hall–Kier alpha value is 0.120. The van der Waals surface area contributed by atoms with E-state index in [9.17, 15) is 4.79 Å². The molecule has 1 heterocycles. The Labute approximate surface area is 130 Å². The van der Waals surface area contributed by atoms with Gasteiger partial charge in [0.15, 0.2) is 0 Å². The molecule has 1 aliphatic heterocycles. The minimum atomic E-state index is 0.0914. The molecule has 0 unspecified atom stereocenters. The molecule has 0 aromatic carbocycles. The van der Waals surface area contributed by atoms with Crippen LogP contribution in [-0.2, 0) is 0 Å². The Balaban J connectivity index is 1.72. The summed E-state index contributed by atoms with van der Waals surface area (Å²) >= 11 is 1.84. The average Bonchev–Trinajstić information content (AvgIpc) is 2.34. The summed E-state index contributed by atoms with van der Waals surface area (Å²) in [6.45, 7) is 7.20. The first-order valence-electron chi connectivity index (χ1n) is 7.43. The monoisotopic (exact) mass is 379 g/mol. The van der Waals surface area contributed by atoms with Crippen molar-refractivity contribution >= 4 is 26.5 Å². The van der Waals surface area contributed by atoms with Gasteiger partial charge in [0.25, 0.3) is 3.91 Å². The first-order chi connectivity index (χ1) is 9.04. The van der Waals surface area contributed by atoms with Crippen molar-refractivity contribution in [2.75, 3.05) is 33.2 Å². The quantitative estimate of drug-likeness (QED) is 0.465. The third-order valence-electron chi connectivity index (χ3n) is 4.63. The lowest BCUT2D eigenvalue weighted by molar-refractivity contribution is 0.0761. The molecule has 0 aromatic heterocycles. The first-order valence-corrected chi connectivity index (χ1v) is 8.51. The number of nitrogens with zero attached hydrogens (tertiary/aromatic N) is 2. The first kappa shape index (κ1) is 15.5. The predicted octanol–water partition coefficient (Wildman–Crippen LogP) is 2.33. The standard InChI is InChI=1S/C14H26IN3O/c1-11-9-17(2)7-8-18(11)10-12-3-5-13(6-4-12)16-14(15)19/h11-13H,3-10H2,1-2H3,(H,16,19)/t11-,12?,13?/m1/s1. The van der Waals surface area contributed by atoms with Crippen LogP contribution in [0.2, 0.25) is 0 Å². The van der Waals surface area contributed by atoms with E-state index in [-0.39, 0.29) is 3.91 Å². The number of hydrogen-bond donors (Lipinski definition) is 1. The van der Waals surface area contributed by atoms with E-state index in [1.807, 2.05) is 22.6 Å². The van der Waals surface area contributed by atoms with Gasteiger partial charge in [0, 0.05) is 60.9 Å². The fourth-order valence-corrected chi connectivity index (χ4v) is 3.87. The molecule has 19 heavy (non-hydrogen) atoms. The van der Waals surface area contributed by atoms with Gasteiger partial charge in [-0.05, 0) is 45.6 Å². The number of likely N-dealkylation sites (N-methyl/N-ethyl adjacent to an activating group) is 1. The van der Waals surface area contributed by atoms with Crippen molar-refractivity contribution in [3.63, 3.8) is 0 Å². The van der Waals surface area contributed by atoms with Gasteiger partial charge in [-0.25, -0.2) is 0 Å². The number of carbonyl (C=O) groups excluding carboxylic acids is 1. The van der Waals surface area contributed by atoms with Crippen LogP contribution in [0.25, 0.3) is 0 Å². The molecule has 0 spiro atoms. The van der Waals surface area contributed by atoms with Gasteiger partial charge in [0.05, 0.1) is 0 Å². The SMILES string of the molecule is C[C@@H]1CN(C)CCN1CC1CCC(NC(=O)I)CC1. The highest BCUT2D eigenvalue weighted by molar-refractivity contribution is 14.1. The van der Waals surface area contributed by atoms with Crippen LogP contribution in [0.5, 0.6) is 0 Å². The van der Waals surface area contributed by atoms with E-state index in [0.29, 0.717) is 12.1 Å². The molecule has 2 rings (SSSR count). The zero-order valence-electron chi connectivity index (χ0n) is 12.1. The molecule has 1 saturated carbocycles. The van der Waals surface area contributed by atoms with Gasteiger partial charge in [-0.2, -0.15) is 0 Å². The average molecular weight is 379 g/mol. The third kappa shape index (κ3) is 4.86. The van der Waals surface area contributed by atoms with Crippen LogP contribution in [0.3, 0.4) is 0 Å². The van der Waals surface area contributed by atoms with E-state index >= 15 is 0 Å². The van der Waals surface area contributed by atoms with Crippen LogP contribution in [0.4, 0.5) is 4.79 Å². The number of halogens is 1. The van der Waals surface area contributed by atoms with Crippen molar-refractivity contribution in [2.24, 2.45) is 5.92 Å². The zero-order valence-corrected chi connectivity index (χ0v) is 14.2. The maximum atomic E-state index is 11.0. The summed E-state index contributed by atoms with van der Waals surface area (Å²) in [5.74, 6) is 0.827. The van der Waals surface area contributed by atoms with E-state index in [4.69, 9.17) is 0 Å². The Bertz CT molecular complexity index is 305. The topological polar surface area (TPSA) is 35.6 Å². The molecular weight excluding hydrogens is 353 g/mol. The smallest absolute Gasteiger partial charge is 0.280 e. The second-order valence-electron chi connectivity index (χ2n) is 6.24. The lowest BCUT2D eigenvalue weighted by Crippen LogP contribution is -2.52. The molecule has 2 fully saturated rings. The summed E-state index contributed by atoms with van der Waals surface area (Å²) in [4.78, 5) is 16.1. The van der Waals surface area contributed by atoms with Crippen molar-refractivity contribution in [1.29, 1.82) is 0 Å². The van der Waals surface area contributed by atoms with Crippen LogP contribution < -0.4 is 5.32 Å². The van der Waals surface area contributed by atoms with E-state index < -0.39 is 0 Å². The molecule has 1 atom stereocenters. The molecule has 5 heteroatoms. The van der Waals surface area contributed by atoms with Crippen LogP contribution in [0.15, 0.2) is 0 Å². The number of piperazine rings is 1. The Morgan fingerprint density at radius 1 is 1.26 bits per heavy atom. The normalized spacial score (nSPS) is 34.2. The highest BCUT2D eigenvalue weighted by Gasteiger charge is 2.27. The predicted molar refractivity (Wildman–Crippen MR) is 86.8 cm³/mol. The molecular formula is C14H26IN3O. The van der Waals surface area contributed by atoms with Crippen molar-refractivity contribution < 1.29 is 4.79 Å². The number of nitrogens with one attached hydrogen (secondary N) is 1. The van der Waals surface area contributed by atoms with Gasteiger partial charge in [0.1, 0.15) is 0 Å². The molecule has 1 N–H and O–H groups in total. The zero-order chi connectivity index (χ0) is 13.8. The van der Waals surface area contributed by atoms with Gasteiger partial charge < -0.3 is 10.2 Å². The minimum absolute atomic E-state index is 0.0914. The van der Waals surface area contributed by atoms with Crippen molar-refractivity contribution in [2.45, 2.75) is 44.7 Å². The summed E-state index contributed by atoms with van der Waals surface area (Å²) in [6.07, 6.45) is 4.84. The Morgan fingerprint density at radius 2 is 1.95 bits per heavy atom. The van der Waals surface area contributed by atoms with Crippen LogP contribution in [0.1, 0.15) is 32.6 Å². The molecule has 1 amide bonds. The molecule has 0 radical (unpaired) electrons. The van der Waals surface area contributed by atoms with Crippen molar-refractivity contribution in [1.82, 2.24) is 15.1 Å². The largest absolute Gasteiger partial charge is 0.345 e. The highest BCUT2D eigenvalue weighted by atomic mass is 127. The molecule has 2 aliphatic rings. The Morgan fingerprint density at radius 3 is 2.53 bits per heavy atom. The van der Waals surface area contributed by atoms with Crippen LogP contribution in [0, 0.1) is 5.92 Å². The summed E-state index contributed by atoms with van der Waals surface area (Å²) in [7, 11) is 2.21. The second-order valence-corrected chi connectivity index (χ2v) is 7.22. The number of rotatable bonds is 3. The Kier molecular flexibility index (Phi) is 5.89. The minimum Gasteiger partial charge on any atom is -0.345 e. The highest BCUT2D eigenvalue weighted by Crippen LogP contribution is 2.26. The van der Waals surface area contributed by atoms with Gasteiger partial charge in [-0.3, -0.25) is 9.69 Å². The summed E-state index contributed by atoms with van der Waals surface area (Å²) in [5, 5.41) is 3.05. The van der Waals surface area contributed by atoms with E-state index in [1.165, 1.54) is 39.0 Å². The molecule has 110 valence electrons. The van der Waals surface area contributed by atoms with Crippen molar-refractivity contribution in [3.05, 3.63) is 0 Å². The van der Waals surface area contributed by atoms with Gasteiger partial charge in [-0.1, -0.05) is 0 Å². The maximum Gasteiger partial charge on any atom is 0.280 e. The van der Waals surface area contributed by atoms with E-state index in [1.54, 1.807) is 0 Å². The maximum absolute atomic E-state index is 11.0. The number of amides is 1. The number of carbonyl (C=O) groups is 1. The molecule has 0 aromatic rings. The third-order valence-corrected chi connectivity index (χ3v) is 4.94. The van der Waals surface area contributed by atoms with E-state index in [2.05, 4.69) is 29.1 Å². The fourth-order valence-electron chi connectivity index (χ4n) is 3.43. The van der Waals surface area contributed by atoms with Crippen LogP contribution in [-0.4, -0.2) is 59.0 Å². The lowest BCUT2D eigenvalue weighted by atomic mass is 9.85. The lowest BCUT2D eigenvalue weighted by Gasteiger charge is -2.41. The molecule has 1 saturated heterocycles. The van der Waals surface area contributed by atoms with Gasteiger partial charge >= 0.3 is 0 Å². The molecule has 0 bridgehead atoms. The van der Waals surface area contributed by atoms with Gasteiger partial charge in [-0.15, -0.1) is 0 Å². The summed E-state index contributed by atoms with van der Waals surface area (Å²) in [5.41, 5.74) is 0. The van der Waals surface area contributed by atoms with Gasteiger partial charge in [0.2, 0.25) is 0 Å². The summed E-state index contributed by atoms with van der Waals surface area (Å²) < 4.78 is 0.0914. The fraction of sp³-hybridized carbons (Fsp3) is 0.929.